The Hall–Kier alpha value is -2.35. The highest BCUT2D eigenvalue weighted by Gasteiger charge is 2.38. The Morgan fingerprint density at radius 3 is 2.54 bits per heavy atom. The molecule has 0 N–H and O–H groups in total. The monoisotopic (exact) mass is 325 g/mol. The summed E-state index contributed by atoms with van der Waals surface area (Å²) in [6.45, 7) is 5.79. The Morgan fingerprint density at radius 1 is 1.21 bits per heavy atom. The minimum atomic E-state index is -0.266. The Morgan fingerprint density at radius 2 is 1.92 bits per heavy atom. The van der Waals surface area contributed by atoms with E-state index in [-0.39, 0.29) is 30.1 Å². The quantitative estimate of drug-likeness (QED) is 0.839. The van der Waals surface area contributed by atoms with Gasteiger partial charge in [-0.2, -0.15) is 5.26 Å². The Kier molecular flexibility index (Phi) is 4.57. The van der Waals surface area contributed by atoms with Gasteiger partial charge in [0.25, 0.3) is 0 Å². The van der Waals surface area contributed by atoms with Gasteiger partial charge < -0.3 is 9.80 Å². The number of anilines is 1. The zero-order chi connectivity index (χ0) is 17.3. The molecule has 2 fully saturated rings. The van der Waals surface area contributed by atoms with E-state index in [2.05, 4.69) is 6.07 Å². The van der Waals surface area contributed by atoms with Gasteiger partial charge in [0, 0.05) is 37.7 Å². The average Bonchev–Trinajstić information content (AvgIpc) is 2.98. The van der Waals surface area contributed by atoms with Gasteiger partial charge in [0.15, 0.2) is 0 Å². The topological polar surface area (TPSA) is 64.4 Å². The van der Waals surface area contributed by atoms with Crippen molar-refractivity contribution >= 4 is 17.5 Å². The Labute approximate surface area is 142 Å². The number of nitriles is 1. The molecule has 1 unspecified atom stereocenters. The minimum absolute atomic E-state index is 0.0171. The van der Waals surface area contributed by atoms with Crippen molar-refractivity contribution in [2.24, 2.45) is 11.8 Å². The van der Waals surface area contributed by atoms with Crippen LogP contribution in [0.1, 0.15) is 30.4 Å². The van der Waals surface area contributed by atoms with Crippen LogP contribution in [0.4, 0.5) is 5.69 Å². The second-order valence-electron chi connectivity index (χ2n) is 6.90. The molecule has 2 heterocycles. The third kappa shape index (κ3) is 3.14. The summed E-state index contributed by atoms with van der Waals surface area (Å²) >= 11 is 0. The number of hydrogen-bond donors (Lipinski definition) is 0. The third-order valence-electron chi connectivity index (χ3n) is 5.27. The highest BCUT2D eigenvalue weighted by Crippen LogP contribution is 2.29. The smallest absolute Gasteiger partial charge is 0.228 e. The first-order valence-electron chi connectivity index (χ1n) is 8.55. The zero-order valence-corrected chi connectivity index (χ0v) is 14.3. The van der Waals surface area contributed by atoms with E-state index < -0.39 is 0 Å². The molecule has 0 aromatic heterocycles. The molecule has 2 saturated heterocycles. The fourth-order valence-electron chi connectivity index (χ4n) is 3.50. The van der Waals surface area contributed by atoms with E-state index in [0.29, 0.717) is 19.6 Å². The molecule has 1 atom stereocenters. The van der Waals surface area contributed by atoms with Crippen molar-refractivity contribution in [2.75, 3.05) is 24.5 Å². The van der Waals surface area contributed by atoms with Gasteiger partial charge in [0.2, 0.25) is 11.8 Å². The number of benzene rings is 1. The Bertz CT molecular complexity index is 699. The molecule has 0 radical (unpaired) electrons. The van der Waals surface area contributed by atoms with Crippen molar-refractivity contribution in [2.45, 2.75) is 33.1 Å². The first-order chi connectivity index (χ1) is 11.5. The number of aryl methyl sites for hydroxylation is 2. The van der Waals surface area contributed by atoms with Crippen LogP contribution in [-0.2, 0) is 9.59 Å². The summed E-state index contributed by atoms with van der Waals surface area (Å²) in [5.74, 6) is -0.126. The van der Waals surface area contributed by atoms with Crippen molar-refractivity contribution in [1.82, 2.24) is 4.90 Å². The number of rotatable bonds is 2. The summed E-state index contributed by atoms with van der Waals surface area (Å²) in [5, 5.41) is 8.96. The van der Waals surface area contributed by atoms with Crippen LogP contribution in [0.3, 0.4) is 0 Å². The van der Waals surface area contributed by atoms with Crippen LogP contribution in [0.25, 0.3) is 0 Å². The van der Waals surface area contributed by atoms with Gasteiger partial charge in [0.05, 0.1) is 12.0 Å². The number of amides is 2. The van der Waals surface area contributed by atoms with Gasteiger partial charge in [-0.1, -0.05) is 6.07 Å². The fourth-order valence-corrected chi connectivity index (χ4v) is 3.50. The summed E-state index contributed by atoms with van der Waals surface area (Å²) in [7, 11) is 0. The SMILES string of the molecule is Cc1ccc(N2CC(C(=O)N3CCC(C#N)CC3)CC2=O)cc1C. The summed E-state index contributed by atoms with van der Waals surface area (Å²) in [6, 6.07) is 8.25. The summed E-state index contributed by atoms with van der Waals surface area (Å²) < 4.78 is 0. The Balaban J connectivity index is 1.67. The first-order valence-corrected chi connectivity index (χ1v) is 8.55. The highest BCUT2D eigenvalue weighted by atomic mass is 16.2. The number of carbonyl (C=O) groups excluding carboxylic acids is 2. The molecule has 0 aliphatic carbocycles. The molecule has 5 nitrogen and oxygen atoms in total. The van der Waals surface area contributed by atoms with E-state index in [1.54, 1.807) is 4.90 Å². The molecule has 0 spiro atoms. The number of likely N-dealkylation sites (tertiary alicyclic amines) is 1. The van der Waals surface area contributed by atoms with Crippen LogP contribution >= 0.6 is 0 Å². The van der Waals surface area contributed by atoms with E-state index in [9.17, 15) is 9.59 Å². The van der Waals surface area contributed by atoms with E-state index >= 15 is 0 Å². The van der Waals surface area contributed by atoms with Crippen LogP contribution in [-0.4, -0.2) is 36.3 Å². The van der Waals surface area contributed by atoms with Crippen LogP contribution in [0.2, 0.25) is 0 Å². The lowest BCUT2D eigenvalue weighted by molar-refractivity contribution is -0.136. The molecule has 0 bridgehead atoms. The molecule has 2 aliphatic rings. The molecule has 0 saturated carbocycles. The molecular weight excluding hydrogens is 302 g/mol. The lowest BCUT2D eigenvalue weighted by Gasteiger charge is -2.31. The standard InChI is InChI=1S/C19H23N3O2/c1-13-3-4-17(9-14(13)2)22-12-16(10-18(22)23)19(24)21-7-5-15(11-20)6-8-21/h3-4,9,15-16H,5-8,10,12H2,1-2H3. The van der Waals surface area contributed by atoms with Crippen molar-refractivity contribution in [3.05, 3.63) is 29.3 Å². The second kappa shape index (κ2) is 6.64. The van der Waals surface area contributed by atoms with Crippen LogP contribution < -0.4 is 4.90 Å². The van der Waals surface area contributed by atoms with Crippen LogP contribution in [0, 0.1) is 37.0 Å². The van der Waals surface area contributed by atoms with E-state index in [0.717, 1.165) is 24.1 Å². The van der Waals surface area contributed by atoms with E-state index in [1.165, 1.54) is 5.56 Å². The molecule has 3 rings (SSSR count). The fraction of sp³-hybridized carbons (Fsp3) is 0.526. The summed E-state index contributed by atoms with van der Waals surface area (Å²) in [4.78, 5) is 28.6. The van der Waals surface area contributed by atoms with Gasteiger partial charge in [-0.15, -0.1) is 0 Å². The average molecular weight is 325 g/mol. The predicted octanol–water partition coefficient (Wildman–Crippen LogP) is 2.42. The van der Waals surface area contributed by atoms with Crippen molar-refractivity contribution in [3.8, 4) is 6.07 Å². The van der Waals surface area contributed by atoms with Crippen LogP contribution in [0.15, 0.2) is 18.2 Å². The van der Waals surface area contributed by atoms with Gasteiger partial charge in [-0.3, -0.25) is 9.59 Å². The van der Waals surface area contributed by atoms with Gasteiger partial charge >= 0.3 is 0 Å². The molecule has 5 heteroatoms. The predicted molar refractivity (Wildman–Crippen MR) is 91.3 cm³/mol. The molecule has 2 amide bonds. The minimum Gasteiger partial charge on any atom is -0.342 e. The molecular formula is C19H23N3O2. The van der Waals surface area contributed by atoms with Crippen molar-refractivity contribution < 1.29 is 9.59 Å². The second-order valence-corrected chi connectivity index (χ2v) is 6.90. The number of carbonyl (C=O) groups is 2. The molecule has 126 valence electrons. The third-order valence-corrected chi connectivity index (χ3v) is 5.27. The largest absolute Gasteiger partial charge is 0.342 e. The molecule has 24 heavy (non-hydrogen) atoms. The lowest BCUT2D eigenvalue weighted by atomic mass is 9.97. The normalized spacial score (nSPS) is 21.9. The maximum Gasteiger partial charge on any atom is 0.228 e. The summed E-state index contributed by atoms with van der Waals surface area (Å²) in [5.41, 5.74) is 3.22. The van der Waals surface area contributed by atoms with Gasteiger partial charge in [-0.05, 0) is 49.9 Å². The molecule has 1 aromatic carbocycles. The highest BCUT2D eigenvalue weighted by molar-refractivity contribution is 6.00. The van der Waals surface area contributed by atoms with Gasteiger partial charge in [0.1, 0.15) is 0 Å². The van der Waals surface area contributed by atoms with E-state index in [4.69, 9.17) is 5.26 Å². The van der Waals surface area contributed by atoms with Crippen molar-refractivity contribution in [1.29, 1.82) is 5.26 Å². The molecule has 1 aromatic rings. The van der Waals surface area contributed by atoms with Crippen LogP contribution in [0.5, 0.6) is 0 Å². The maximum atomic E-state index is 12.7. The van der Waals surface area contributed by atoms with E-state index in [1.807, 2.05) is 36.9 Å². The maximum absolute atomic E-state index is 12.7. The van der Waals surface area contributed by atoms with Crippen molar-refractivity contribution in [3.63, 3.8) is 0 Å². The summed E-state index contributed by atoms with van der Waals surface area (Å²) in [6.07, 6.45) is 1.76. The lowest BCUT2D eigenvalue weighted by Crippen LogP contribution is -2.42. The number of nitrogens with zero attached hydrogens (tertiary/aromatic N) is 3. The molecule has 2 aliphatic heterocycles. The number of hydrogen-bond acceptors (Lipinski definition) is 3. The number of piperidine rings is 1. The van der Waals surface area contributed by atoms with Gasteiger partial charge in [-0.25, -0.2) is 0 Å². The first kappa shape index (κ1) is 16.5. The zero-order valence-electron chi connectivity index (χ0n) is 14.3.